The highest BCUT2D eigenvalue weighted by Crippen LogP contribution is 2.28. The molecule has 0 saturated heterocycles. The quantitative estimate of drug-likeness (QED) is 0.746. The number of hydrogen-bond acceptors (Lipinski definition) is 1. The van der Waals surface area contributed by atoms with Gasteiger partial charge in [-0.25, -0.2) is 4.39 Å². The number of halogens is 2. The molecule has 0 aliphatic heterocycles. The zero-order chi connectivity index (χ0) is 11.3. The Morgan fingerprint density at radius 2 is 2.07 bits per heavy atom. The zero-order valence-corrected chi connectivity index (χ0v) is 10.6. The van der Waals surface area contributed by atoms with Crippen LogP contribution < -0.4 is 0 Å². The van der Waals surface area contributed by atoms with Crippen molar-refractivity contribution in [2.24, 2.45) is 5.92 Å². The lowest BCUT2D eigenvalue weighted by Crippen LogP contribution is -2.17. The Morgan fingerprint density at radius 3 is 2.60 bits per heavy atom. The van der Waals surface area contributed by atoms with Crippen LogP contribution >= 0.6 is 15.9 Å². The molecule has 1 aromatic rings. The second-order valence-electron chi connectivity index (χ2n) is 3.71. The van der Waals surface area contributed by atoms with Gasteiger partial charge in [-0.05, 0) is 17.5 Å². The second kappa shape index (κ2) is 6.23. The fourth-order valence-corrected chi connectivity index (χ4v) is 2.68. The molecule has 0 saturated carbocycles. The summed E-state index contributed by atoms with van der Waals surface area (Å²) in [5.74, 6) is 0.322. The van der Waals surface area contributed by atoms with Gasteiger partial charge in [0.1, 0.15) is 5.82 Å². The van der Waals surface area contributed by atoms with Gasteiger partial charge in [0, 0.05) is 25.0 Å². The predicted molar refractivity (Wildman–Crippen MR) is 64.0 cm³/mol. The Labute approximate surface area is 98.8 Å². The number of alkyl halides is 1. The summed E-state index contributed by atoms with van der Waals surface area (Å²) in [4.78, 5) is 0. The van der Waals surface area contributed by atoms with Gasteiger partial charge in [0.15, 0.2) is 0 Å². The van der Waals surface area contributed by atoms with E-state index in [-0.39, 0.29) is 11.7 Å². The highest BCUT2D eigenvalue weighted by molar-refractivity contribution is 9.09. The predicted octanol–water partition coefficient (Wildman–Crippen LogP) is 3.59. The number of methoxy groups -OCH3 is 1. The van der Waals surface area contributed by atoms with Crippen molar-refractivity contribution in [3.05, 3.63) is 35.6 Å². The molecule has 2 atom stereocenters. The molecule has 0 spiro atoms. The molecule has 0 fully saturated rings. The van der Waals surface area contributed by atoms with E-state index in [1.54, 1.807) is 13.2 Å². The van der Waals surface area contributed by atoms with Gasteiger partial charge in [0.05, 0.1) is 0 Å². The maximum absolute atomic E-state index is 13.6. The first-order chi connectivity index (χ1) is 7.20. The van der Waals surface area contributed by atoms with Crippen LogP contribution in [0.1, 0.15) is 18.4 Å². The van der Waals surface area contributed by atoms with Crippen LogP contribution in [0.15, 0.2) is 24.3 Å². The van der Waals surface area contributed by atoms with Crippen LogP contribution in [0.3, 0.4) is 0 Å². The van der Waals surface area contributed by atoms with E-state index in [1.807, 2.05) is 12.1 Å². The molecule has 1 rings (SSSR count). The minimum absolute atomic E-state index is 0.134. The van der Waals surface area contributed by atoms with Crippen LogP contribution in [0.4, 0.5) is 4.39 Å². The number of benzene rings is 1. The van der Waals surface area contributed by atoms with E-state index >= 15 is 0 Å². The standard InChI is InChI=1S/C12H16BrFO/c1-9(8-15-2)11(7-13)10-5-3-4-6-12(10)14/h3-6,9,11H,7-8H2,1-2H3. The van der Waals surface area contributed by atoms with Crippen molar-refractivity contribution in [3.8, 4) is 0 Å². The van der Waals surface area contributed by atoms with Gasteiger partial charge in [0.25, 0.3) is 0 Å². The van der Waals surface area contributed by atoms with Crippen molar-refractivity contribution in [1.29, 1.82) is 0 Å². The van der Waals surface area contributed by atoms with Gasteiger partial charge in [-0.3, -0.25) is 0 Å². The van der Waals surface area contributed by atoms with E-state index in [9.17, 15) is 4.39 Å². The zero-order valence-electron chi connectivity index (χ0n) is 9.04. The van der Waals surface area contributed by atoms with E-state index < -0.39 is 0 Å². The lowest BCUT2D eigenvalue weighted by Gasteiger charge is -2.22. The van der Waals surface area contributed by atoms with Crippen molar-refractivity contribution in [2.45, 2.75) is 12.8 Å². The molecule has 1 aromatic carbocycles. The molecule has 0 aliphatic carbocycles. The Bertz CT molecular complexity index is 303. The van der Waals surface area contributed by atoms with Crippen LogP contribution in [0.2, 0.25) is 0 Å². The molecule has 0 heterocycles. The monoisotopic (exact) mass is 274 g/mol. The van der Waals surface area contributed by atoms with Crippen LogP contribution in [0.25, 0.3) is 0 Å². The number of rotatable bonds is 5. The van der Waals surface area contributed by atoms with Crippen LogP contribution in [0, 0.1) is 11.7 Å². The SMILES string of the molecule is COCC(C)C(CBr)c1ccccc1F. The van der Waals surface area contributed by atoms with Gasteiger partial charge in [-0.15, -0.1) is 0 Å². The average Bonchev–Trinajstić information content (AvgIpc) is 2.22. The maximum Gasteiger partial charge on any atom is 0.126 e. The first kappa shape index (κ1) is 12.7. The summed E-state index contributed by atoms with van der Waals surface area (Å²) in [6.45, 7) is 2.71. The van der Waals surface area contributed by atoms with Crippen molar-refractivity contribution in [2.75, 3.05) is 19.0 Å². The van der Waals surface area contributed by atoms with Gasteiger partial charge in [0.2, 0.25) is 0 Å². The summed E-state index contributed by atoms with van der Waals surface area (Å²) in [6, 6.07) is 6.93. The summed E-state index contributed by atoms with van der Waals surface area (Å²) >= 11 is 3.44. The highest BCUT2D eigenvalue weighted by atomic mass is 79.9. The van der Waals surface area contributed by atoms with Gasteiger partial charge >= 0.3 is 0 Å². The summed E-state index contributed by atoms with van der Waals surface area (Å²) in [6.07, 6.45) is 0. The van der Waals surface area contributed by atoms with Crippen molar-refractivity contribution >= 4 is 15.9 Å². The summed E-state index contributed by atoms with van der Waals surface area (Å²) < 4.78 is 18.7. The Balaban J connectivity index is 2.87. The molecule has 0 N–H and O–H groups in total. The molecule has 3 heteroatoms. The third-order valence-corrected chi connectivity index (χ3v) is 3.28. The second-order valence-corrected chi connectivity index (χ2v) is 4.36. The van der Waals surface area contributed by atoms with Gasteiger partial charge in [-0.1, -0.05) is 41.1 Å². The fourth-order valence-electron chi connectivity index (χ4n) is 1.70. The molecule has 0 bridgehead atoms. The van der Waals surface area contributed by atoms with Crippen LogP contribution in [-0.2, 0) is 4.74 Å². The smallest absolute Gasteiger partial charge is 0.126 e. The van der Waals surface area contributed by atoms with E-state index in [1.165, 1.54) is 6.07 Å². The molecule has 0 aromatic heterocycles. The number of ether oxygens (including phenoxy) is 1. The summed E-state index contributed by atoms with van der Waals surface area (Å²) in [7, 11) is 1.67. The maximum atomic E-state index is 13.6. The normalized spacial score (nSPS) is 14.9. The molecular weight excluding hydrogens is 259 g/mol. The van der Waals surface area contributed by atoms with E-state index in [2.05, 4.69) is 22.9 Å². The first-order valence-corrected chi connectivity index (χ1v) is 6.12. The van der Waals surface area contributed by atoms with E-state index in [0.717, 1.165) is 10.9 Å². The summed E-state index contributed by atoms with van der Waals surface area (Å²) in [5, 5.41) is 0.748. The van der Waals surface area contributed by atoms with Gasteiger partial charge < -0.3 is 4.74 Å². The Kier molecular flexibility index (Phi) is 5.26. The van der Waals surface area contributed by atoms with E-state index in [4.69, 9.17) is 4.74 Å². The lowest BCUT2D eigenvalue weighted by molar-refractivity contribution is 0.149. The molecule has 0 amide bonds. The molecule has 2 unspecified atom stereocenters. The minimum atomic E-state index is -0.134. The minimum Gasteiger partial charge on any atom is -0.384 e. The fraction of sp³-hybridized carbons (Fsp3) is 0.500. The molecule has 0 radical (unpaired) electrons. The van der Waals surface area contributed by atoms with Crippen molar-refractivity contribution in [1.82, 2.24) is 0 Å². The Morgan fingerprint density at radius 1 is 1.40 bits per heavy atom. The topological polar surface area (TPSA) is 9.23 Å². The molecule has 84 valence electrons. The van der Waals surface area contributed by atoms with Crippen molar-refractivity contribution in [3.63, 3.8) is 0 Å². The Hall–Kier alpha value is -0.410. The average molecular weight is 275 g/mol. The largest absolute Gasteiger partial charge is 0.384 e. The number of hydrogen-bond donors (Lipinski definition) is 0. The third kappa shape index (κ3) is 3.28. The molecule has 0 aliphatic rings. The van der Waals surface area contributed by atoms with Gasteiger partial charge in [-0.2, -0.15) is 0 Å². The highest BCUT2D eigenvalue weighted by Gasteiger charge is 2.20. The van der Waals surface area contributed by atoms with E-state index in [0.29, 0.717) is 12.5 Å². The van der Waals surface area contributed by atoms with Crippen molar-refractivity contribution < 1.29 is 9.13 Å². The van der Waals surface area contributed by atoms with Crippen LogP contribution in [0.5, 0.6) is 0 Å². The first-order valence-electron chi connectivity index (χ1n) is 5.00. The molecular formula is C12H16BrFO. The third-order valence-electron chi connectivity index (χ3n) is 2.59. The molecule has 15 heavy (non-hydrogen) atoms. The van der Waals surface area contributed by atoms with Crippen LogP contribution in [-0.4, -0.2) is 19.0 Å². The lowest BCUT2D eigenvalue weighted by atomic mass is 9.89. The summed E-state index contributed by atoms with van der Waals surface area (Å²) in [5.41, 5.74) is 0.763. The molecule has 1 nitrogen and oxygen atoms in total.